The predicted octanol–water partition coefficient (Wildman–Crippen LogP) is 4.69. The van der Waals surface area contributed by atoms with Crippen LogP contribution in [0.5, 0.6) is 5.75 Å². The average molecular weight is 304 g/mol. The molecule has 0 N–H and O–H groups in total. The van der Waals surface area contributed by atoms with Crippen molar-refractivity contribution >= 4 is 12.6 Å². The van der Waals surface area contributed by atoms with E-state index < -0.39 is 5.92 Å². The maximum Gasteiger partial charge on any atom is 0.134 e. The summed E-state index contributed by atoms with van der Waals surface area (Å²) in [5.74, 6) is 0.129. The Balaban J connectivity index is 2.12. The summed E-state index contributed by atoms with van der Waals surface area (Å²) >= 11 is 0. The molecule has 0 atom stereocenters. The van der Waals surface area contributed by atoms with Gasteiger partial charge in [0.2, 0.25) is 0 Å². The fraction of sp³-hybridized carbons (Fsp3) is 0.579. The Morgan fingerprint density at radius 1 is 0.864 bits per heavy atom. The van der Waals surface area contributed by atoms with Crippen molar-refractivity contribution in [1.82, 2.24) is 0 Å². The molecule has 0 amide bonds. The highest BCUT2D eigenvalue weighted by molar-refractivity contribution is 5.84. The van der Waals surface area contributed by atoms with E-state index in [1.54, 1.807) is 12.1 Å². The Hall–Kier alpha value is -1.64. The van der Waals surface area contributed by atoms with E-state index in [0.717, 1.165) is 18.8 Å². The minimum atomic E-state index is -0.665. The smallest absolute Gasteiger partial charge is 0.134 e. The highest BCUT2D eigenvalue weighted by atomic mass is 16.5. The van der Waals surface area contributed by atoms with Gasteiger partial charge in [-0.3, -0.25) is 0 Å². The van der Waals surface area contributed by atoms with E-state index in [4.69, 9.17) is 4.74 Å². The standard InChI is InChI=1S/C19H28O3/c1-2-3-4-5-6-7-8-9-14-22-19-12-10-17(11-13-19)18(15-20)16-21/h10-13,15-16,18H,2-9,14H2,1H3. The van der Waals surface area contributed by atoms with Crippen LogP contribution < -0.4 is 4.74 Å². The molecule has 0 bridgehead atoms. The van der Waals surface area contributed by atoms with Crippen LogP contribution in [0.25, 0.3) is 0 Å². The van der Waals surface area contributed by atoms with Crippen molar-refractivity contribution in [3.05, 3.63) is 29.8 Å². The molecule has 0 aliphatic heterocycles. The first-order chi connectivity index (χ1) is 10.8. The van der Waals surface area contributed by atoms with Gasteiger partial charge in [0.1, 0.15) is 18.3 Å². The zero-order valence-electron chi connectivity index (χ0n) is 13.6. The number of carbonyl (C=O) groups excluding carboxylic acids is 2. The van der Waals surface area contributed by atoms with E-state index in [9.17, 15) is 9.59 Å². The number of unbranched alkanes of at least 4 members (excludes halogenated alkanes) is 7. The molecule has 0 spiro atoms. The molecule has 1 rings (SSSR count). The lowest BCUT2D eigenvalue weighted by atomic mass is 10.0. The van der Waals surface area contributed by atoms with Gasteiger partial charge in [0.25, 0.3) is 0 Å². The third kappa shape index (κ3) is 7.39. The molecule has 1 aromatic rings. The molecule has 0 aromatic heterocycles. The Kier molecular flexibility index (Phi) is 10.0. The minimum absolute atomic E-state index is 0.656. The Labute approximate surface area is 134 Å². The van der Waals surface area contributed by atoms with Gasteiger partial charge in [0, 0.05) is 0 Å². The summed E-state index contributed by atoms with van der Waals surface area (Å²) in [7, 11) is 0. The van der Waals surface area contributed by atoms with Gasteiger partial charge in [-0.05, 0) is 24.1 Å². The lowest BCUT2D eigenvalue weighted by molar-refractivity contribution is -0.116. The zero-order chi connectivity index (χ0) is 16.0. The maximum absolute atomic E-state index is 10.7. The van der Waals surface area contributed by atoms with E-state index in [1.165, 1.54) is 44.9 Å². The Morgan fingerprint density at radius 2 is 1.41 bits per heavy atom. The second-order valence-corrected chi connectivity index (χ2v) is 5.69. The van der Waals surface area contributed by atoms with Gasteiger partial charge >= 0.3 is 0 Å². The van der Waals surface area contributed by atoms with Crippen molar-refractivity contribution in [1.29, 1.82) is 0 Å². The summed E-state index contributed by atoms with van der Waals surface area (Å²) in [5, 5.41) is 0. The van der Waals surface area contributed by atoms with Crippen LogP contribution in [0.2, 0.25) is 0 Å². The van der Waals surface area contributed by atoms with Gasteiger partial charge in [-0.2, -0.15) is 0 Å². The van der Waals surface area contributed by atoms with Crippen LogP contribution >= 0.6 is 0 Å². The second-order valence-electron chi connectivity index (χ2n) is 5.69. The molecule has 0 unspecified atom stereocenters. The molecular weight excluding hydrogens is 276 g/mol. The summed E-state index contributed by atoms with van der Waals surface area (Å²) in [6, 6.07) is 7.19. The molecule has 0 aliphatic rings. The molecular formula is C19H28O3. The molecule has 122 valence electrons. The van der Waals surface area contributed by atoms with Crippen LogP contribution in [0.1, 0.15) is 69.8 Å². The van der Waals surface area contributed by atoms with Gasteiger partial charge in [0.15, 0.2) is 0 Å². The summed E-state index contributed by atoms with van der Waals surface area (Å²) in [6.07, 6.45) is 11.6. The average Bonchev–Trinajstić information content (AvgIpc) is 2.56. The normalized spacial score (nSPS) is 10.6. The van der Waals surface area contributed by atoms with Gasteiger partial charge in [-0.25, -0.2) is 0 Å². The van der Waals surface area contributed by atoms with E-state index in [1.807, 2.05) is 12.1 Å². The summed E-state index contributed by atoms with van der Waals surface area (Å²) < 4.78 is 5.68. The fourth-order valence-electron chi connectivity index (χ4n) is 2.40. The van der Waals surface area contributed by atoms with Crippen LogP contribution in [0, 0.1) is 0 Å². The highest BCUT2D eigenvalue weighted by Gasteiger charge is 2.08. The Bertz CT molecular complexity index is 403. The van der Waals surface area contributed by atoms with E-state index in [-0.39, 0.29) is 0 Å². The van der Waals surface area contributed by atoms with E-state index in [0.29, 0.717) is 18.1 Å². The molecule has 0 radical (unpaired) electrons. The van der Waals surface area contributed by atoms with Gasteiger partial charge in [-0.15, -0.1) is 0 Å². The number of ether oxygens (including phenoxy) is 1. The number of hydrogen-bond acceptors (Lipinski definition) is 3. The molecule has 0 aliphatic carbocycles. The molecule has 3 nitrogen and oxygen atoms in total. The molecule has 0 saturated heterocycles. The van der Waals surface area contributed by atoms with Gasteiger partial charge in [-0.1, -0.05) is 64.0 Å². The topological polar surface area (TPSA) is 43.4 Å². The summed E-state index contributed by atoms with van der Waals surface area (Å²) in [4.78, 5) is 21.4. The lowest BCUT2D eigenvalue weighted by Gasteiger charge is -2.08. The number of hydrogen-bond donors (Lipinski definition) is 0. The first-order valence-electron chi connectivity index (χ1n) is 8.45. The molecule has 0 heterocycles. The molecule has 3 heteroatoms. The van der Waals surface area contributed by atoms with Crippen LogP contribution in [0.4, 0.5) is 0 Å². The fourth-order valence-corrected chi connectivity index (χ4v) is 2.40. The third-order valence-electron chi connectivity index (χ3n) is 3.82. The van der Waals surface area contributed by atoms with Crippen molar-refractivity contribution in [2.75, 3.05) is 6.61 Å². The van der Waals surface area contributed by atoms with Gasteiger partial charge < -0.3 is 14.3 Å². The van der Waals surface area contributed by atoms with E-state index >= 15 is 0 Å². The van der Waals surface area contributed by atoms with Crippen molar-refractivity contribution in [3.8, 4) is 5.75 Å². The molecule has 0 saturated carbocycles. The van der Waals surface area contributed by atoms with Gasteiger partial charge in [0.05, 0.1) is 12.5 Å². The number of aldehydes is 2. The summed E-state index contributed by atoms with van der Waals surface area (Å²) in [6.45, 7) is 2.96. The first kappa shape index (κ1) is 18.4. The minimum Gasteiger partial charge on any atom is -0.494 e. The monoisotopic (exact) mass is 304 g/mol. The van der Waals surface area contributed by atoms with Crippen molar-refractivity contribution in [2.24, 2.45) is 0 Å². The third-order valence-corrected chi connectivity index (χ3v) is 3.82. The number of carbonyl (C=O) groups is 2. The van der Waals surface area contributed by atoms with Crippen LogP contribution in [0.3, 0.4) is 0 Å². The molecule has 0 fully saturated rings. The highest BCUT2D eigenvalue weighted by Crippen LogP contribution is 2.17. The molecule has 1 aromatic carbocycles. The predicted molar refractivity (Wildman–Crippen MR) is 89.4 cm³/mol. The largest absolute Gasteiger partial charge is 0.494 e. The van der Waals surface area contributed by atoms with Crippen molar-refractivity contribution < 1.29 is 14.3 Å². The number of benzene rings is 1. The van der Waals surface area contributed by atoms with E-state index in [2.05, 4.69) is 6.92 Å². The van der Waals surface area contributed by atoms with Crippen LogP contribution in [-0.2, 0) is 9.59 Å². The summed E-state index contributed by atoms with van der Waals surface area (Å²) in [5.41, 5.74) is 0.712. The zero-order valence-corrected chi connectivity index (χ0v) is 13.6. The van der Waals surface area contributed by atoms with Crippen molar-refractivity contribution in [2.45, 2.75) is 64.2 Å². The lowest BCUT2D eigenvalue weighted by Crippen LogP contribution is -2.02. The quantitative estimate of drug-likeness (QED) is 0.302. The van der Waals surface area contributed by atoms with Crippen LogP contribution in [0.15, 0.2) is 24.3 Å². The van der Waals surface area contributed by atoms with Crippen molar-refractivity contribution in [3.63, 3.8) is 0 Å². The van der Waals surface area contributed by atoms with Crippen LogP contribution in [-0.4, -0.2) is 19.2 Å². The molecule has 22 heavy (non-hydrogen) atoms. The SMILES string of the molecule is CCCCCCCCCCOc1ccc(C(C=O)C=O)cc1. The number of rotatable bonds is 13. The second kappa shape index (κ2) is 12.0. The Morgan fingerprint density at radius 3 is 1.95 bits per heavy atom. The maximum atomic E-state index is 10.7. The first-order valence-corrected chi connectivity index (χ1v) is 8.45.